The van der Waals surface area contributed by atoms with E-state index in [9.17, 15) is 10.1 Å². The summed E-state index contributed by atoms with van der Waals surface area (Å²) in [4.78, 5) is 13.3. The summed E-state index contributed by atoms with van der Waals surface area (Å²) in [6.45, 7) is 7.74. The number of nitriles is 1. The van der Waals surface area contributed by atoms with Crippen molar-refractivity contribution >= 4 is 21.7 Å². The van der Waals surface area contributed by atoms with E-state index < -0.39 is 5.92 Å². The van der Waals surface area contributed by atoms with Gasteiger partial charge in [0, 0.05) is 23.4 Å². The molecule has 2 aliphatic rings. The SMILES string of the molecule is CCCC1CC(=O)C2=C(C1)NC(C)=C(C#N)C2c1cc(Br)c(OCCCCCN)c(OCC)c1. The largest absolute Gasteiger partial charge is 0.490 e. The molecule has 1 aliphatic heterocycles. The number of nitrogens with one attached hydrogen (secondary N) is 1. The molecule has 7 heteroatoms. The van der Waals surface area contributed by atoms with Crippen LogP contribution in [-0.2, 0) is 4.79 Å². The zero-order valence-electron chi connectivity index (χ0n) is 20.5. The van der Waals surface area contributed by atoms with E-state index in [0.717, 1.165) is 65.5 Å². The van der Waals surface area contributed by atoms with Gasteiger partial charge in [-0.25, -0.2) is 0 Å². The van der Waals surface area contributed by atoms with Crippen molar-refractivity contribution in [1.82, 2.24) is 5.32 Å². The lowest BCUT2D eigenvalue weighted by Crippen LogP contribution is -2.34. The van der Waals surface area contributed by atoms with Crippen LogP contribution >= 0.6 is 15.9 Å². The second-order valence-corrected chi connectivity index (χ2v) is 9.90. The van der Waals surface area contributed by atoms with Crippen LogP contribution in [0, 0.1) is 17.2 Å². The van der Waals surface area contributed by atoms with Crippen LogP contribution in [0.5, 0.6) is 11.5 Å². The van der Waals surface area contributed by atoms with Gasteiger partial charge in [-0.3, -0.25) is 4.79 Å². The van der Waals surface area contributed by atoms with Crippen molar-refractivity contribution in [3.8, 4) is 17.6 Å². The van der Waals surface area contributed by atoms with E-state index in [2.05, 4.69) is 34.2 Å². The molecule has 0 fully saturated rings. The van der Waals surface area contributed by atoms with Crippen molar-refractivity contribution in [2.75, 3.05) is 19.8 Å². The Morgan fingerprint density at radius 1 is 1.21 bits per heavy atom. The minimum atomic E-state index is -0.412. The molecule has 1 heterocycles. The Hall–Kier alpha value is -2.30. The Labute approximate surface area is 211 Å². The second kappa shape index (κ2) is 12.4. The van der Waals surface area contributed by atoms with Gasteiger partial charge in [0.05, 0.1) is 35.2 Å². The number of nitrogens with two attached hydrogens (primary N) is 1. The zero-order chi connectivity index (χ0) is 24.7. The Kier molecular flexibility index (Phi) is 9.61. The summed E-state index contributed by atoms with van der Waals surface area (Å²) in [5.41, 5.74) is 9.51. The van der Waals surface area contributed by atoms with Crippen LogP contribution in [0.25, 0.3) is 0 Å². The van der Waals surface area contributed by atoms with Crippen molar-refractivity contribution in [3.05, 3.63) is 44.7 Å². The maximum Gasteiger partial charge on any atom is 0.175 e. The first-order valence-electron chi connectivity index (χ1n) is 12.4. The summed E-state index contributed by atoms with van der Waals surface area (Å²) >= 11 is 3.67. The molecule has 0 bridgehead atoms. The lowest BCUT2D eigenvalue weighted by atomic mass is 9.72. The Morgan fingerprint density at radius 2 is 2.00 bits per heavy atom. The molecule has 2 unspecified atom stereocenters. The molecule has 0 aromatic heterocycles. The number of rotatable bonds is 11. The number of carbonyl (C=O) groups is 1. The molecular formula is C27H36BrN3O3. The maximum atomic E-state index is 13.3. The fraction of sp³-hybridized carbons (Fsp3) is 0.556. The molecule has 0 saturated carbocycles. The average Bonchev–Trinajstić information content (AvgIpc) is 2.79. The molecule has 3 N–H and O–H groups in total. The van der Waals surface area contributed by atoms with Crippen LogP contribution in [0.15, 0.2) is 39.1 Å². The zero-order valence-corrected chi connectivity index (χ0v) is 22.1. The smallest absolute Gasteiger partial charge is 0.175 e. The number of benzene rings is 1. The summed E-state index contributed by atoms with van der Waals surface area (Å²) in [7, 11) is 0. The van der Waals surface area contributed by atoms with E-state index in [1.807, 2.05) is 26.0 Å². The summed E-state index contributed by atoms with van der Waals surface area (Å²) < 4.78 is 12.8. The third-order valence-corrected chi connectivity index (χ3v) is 7.08. The van der Waals surface area contributed by atoms with Crippen molar-refractivity contribution in [1.29, 1.82) is 5.26 Å². The van der Waals surface area contributed by atoms with Crippen LogP contribution in [0.1, 0.15) is 77.2 Å². The lowest BCUT2D eigenvalue weighted by molar-refractivity contribution is -0.117. The van der Waals surface area contributed by atoms with Crippen molar-refractivity contribution in [3.63, 3.8) is 0 Å². The molecule has 1 aliphatic carbocycles. The van der Waals surface area contributed by atoms with Gasteiger partial charge in [-0.05, 0) is 92.0 Å². The van der Waals surface area contributed by atoms with Crippen molar-refractivity contribution < 1.29 is 14.3 Å². The number of hydrogen-bond donors (Lipinski definition) is 2. The Bertz CT molecular complexity index is 1010. The van der Waals surface area contributed by atoms with E-state index in [0.29, 0.717) is 49.2 Å². The first kappa shape index (κ1) is 26.3. The van der Waals surface area contributed by atoms with Gasteiger partial charge < -0.3 is 20.5 Å². The molecule has 0 amide bonds. The highest BCUT2D eigenvalue weighted by molar-refractivity contribution is 9.10. The molecule has 0 saturated heterocycles. The summed E-state index contributed by atoms with van der Waals surface area (Å²) in [6.07, 6.45) is 6.36. The second-order valence-electron chi connectivity index (χ2n) is 9.05. The number of Topliss-reactive ketones (excluding diaryl/α,β-unsaturated/α-hetero) is 1. The number of unbranched alkanes of at least 4 members (excludes halogenated alkanes) is 2. The number of ketones is 1. The molecule has 0 spiro atoms. The molecule has 0 radical (unpaired) electrons. The third kappa shape index (κ3) is 5.84. The van der Waals surface area contributed by atoms with Gasteiger partial charge in [0.2, 0.25) is 0 Å². The first-order valence-corrected chi connectivity index (χ1v) is 13.2. The minimum Gasteiger partial charge on any atom is -0.490 e. The summed E-state index contributed by atoms with van der Waals surface area (Å²) in [5, 5.41) is 13.4. The van der Waals surface area contributed by atoms with E-state index >= 15 is 0 Å². The number of ether oxygens (including phenoxy) is 2. The molecule has 184 valence electrons. The normalized spacial score (nSPS) is 20.1. The highest BCUT2D eigenvalue weighted by atomic mass is 79.9. The molecular weight excluding hydrogens is 494 g/mol. The number of carbonyl (C=O) groups excluding carboxylic acids is 1. The van der Waals surface area contributed by atoms with Crippen LogP contribution in [0.2, 0.25) is 0 Å². The van der Waals surface area contributed by atoms with Gasteiger partial charge in [0.1, 0.15) is 0 Å². The highest BCUT2D eigenvalue weighted by Crippen LogP contribution is 2.47. The minimum absolute atomic E-state index is 0.131. The fourth-order valence-corrected chi connectivity index (χ4v) is 5.54. The van der Waals surface area contributed by atoms with Crippen LogP contribution in [0.4, 0.5) is 0 Å². The topological polar surface area (TPSA) is 97.4 Å². The molecule has 1 aromatic rings. The van der Waals surface area contributed by atoms with Gasteiger partial charge >= 0.3 is 0 Å². The van der Waals surface area contributed by atoms with E-state index in [4.69, 9.17) is 15.2 Å². The molecule has 34 heavy (non-hydrogen) atoms. The van der Waals surface area contributed by atoms with Gasteiger partial charge in [-0.2, -0.15) is 5.26 Å². The van der Waals surface area contributed by atoms with E-state index in [1.165, 1.54) is 0 Å². The van der Waals surface area contributed by atoms with E-state index in [-0.39, 0.29) is 5.78 Å². The number of hydrogen-bond acceptors (Lipinski definition) is 6. The highest BCUT2D eigenvalue weighted by Gasteiger charge is 2.39. The van der Waals surface area contributed by atoms with Gasteiger partial charge in [-0.1, -0.05) is 13.3 Å². The Balaban J connectivity index is 2.00. The number of halogens is 1. The van der Waals surface area contributed by atoms with E-state index in [1.54, 1.807) is 0 Å². The van der Waals surface area contributed by atoms with Gasteiger partial charge in [0.25, 0.3) is 0 Å². The fourth-order valence-electron chi connectivity index (χ4n) is 4.97. The third-order valence-electron chi connectivity index (χ3n) is 6.49. The van der Waals surface area contributed by atoms with Gasteiger partial charge in [0.15, 0.2) is 17.3 Å². The van der Waals surface area contributed by atoms with Crippen LogP contribution in [-0.4, -0.2) is 25.5 Å². The van der Waals surface area contributed by atoms with Crippen LogP contribution < -0.4 is 20.5 Å². The molecule has 6 nitrogen and oxygen atoms in total. The summed E-state index contributed by atoms with van der Waals surface area (Å²) in [6, 6.07) is 6.26. The van der Waals surface area contributed by atoms with Crippen molar-refractivity contribution in [2.24, 2.45) is 11.7 Å². The maximum absolute atomic E-state index is 13.3. The standard InChI is InChI=1S/C27H36BrN3O3/c1-4-9-18-12-22-26(23(32)13-18)25(20(16-30)17(3)31-22)19-14-21(28)27(24(15-19)33-5-2)34-11-8-6-7-10-29/h14-15,18,25,31H,4-13,29H2,1-3H3. The quantitative estimate of drug-likeness (QED) is 0.347. The number of allylic oxidation sites excluding steroid dienone is 4. The van der Waals surface area contributed by atoms with Gasteiger partial charge in [-0.15, -0.1) is 0 Å². The first-order chi connectivity index (χ1) is 16.4. The Morgan fingerprint density at radius 3 is 2.68 bits per heavy atom. The summed E-state index contributed by atoms with van der Waals surface area (Å²) in [5.74, 6) is 1.34. The lowest BCUT2D eigenvalue weighted by Gasteiger charge is -2.35. The predicted molar refractivity (Wildman–Crippen MR) is 138 cm³/mol. The number of nitrogens with zero attached hydrogens (tertiary/aromatic N) is 1. The molecule has 2 atom stereocenters. The predicted octanol–water partition coefficient (Wildman–Crippen LogP) is 5.87. The number of dihydropyridines is 1. The molecule has 1 aromatic carbocycles. The van der Waals surface area contributed by atoms with Crippen LogP contribution in [0.3, 0.4) is 0 Å². The molecule has 3 rings (SSSR count). The monoisotopic (exact) mass is 529 g/mol. The van der Waals surface area contributed by atoms with Crippen molar-refractivity contribution in [2.45, 2.75) is 71.6 Å². The average molecular weight is 531 g/mol.